The molecule has 1 heterocycles. The van der Waals surface area contributed by atoms with E-state index in [9.17, 15) is 10.0 Å². The van der Waals surface area contributed by atoms with Crippen LogP contribution >= 0.6 is 15.9 Å². The first kappa shape index (κ1) is 21.2. The summed E-state index contributed by atoms with van der Waals surface area (Å²) in [6.07, 6.45) is 9.04. The van der Waals surface area contributed by atoms with Gasteiger partial charge in [-0.2, -0.15) is 4.73 Å². The largest absolute Gasteiger partial charge is 0.619 e. The second kappa shape index (κ2) is 7.87. The van der Waals surface area contributed by atoms with E-state index >= 15 is 0 Å². The lowest BCUT2D eigenvalue weighted by Crippen LogP contribution is -2.71. The van der Waals surface area contributed by atoms with E-state index in [0.717, 1.165) is 38.5 Å². The number of pyridine rings is 1. The fraction of sp³-hybridized carbons (Fsp3) is 0.714. The highest BCUT2D eigenvalue weighted by molar-refractivity contribution is 9.09. The van der Waals surface area contributed by atoms with Crippen molar-refractivity contribution in [2.24, 2.45) is 10.8 Å². The van der Waals surface area contributed by atoms with Crippen molar-refractivity contribution in [3.05, 3.63) is 35.3 Å². The fourth-order valence-electron chi connectivity index (χ4n) is 4.84. The van der Waals surface area contributed by atoms with Gasteiger partial charge < -0.3 is 10.5 Å². The maximum Gasteiger partial charge on any atom is 0.257 e. The van der Waals surface area contributed by atoms with E-state index in [1.807, 2.05) is 0 Å². The molecule has 0 radical (unpaired) electrons. The van der Waals surface area contributed by atoms with Gasteiger partial charge >= 0.3 is 0 Å². The second-order valence-corrected chi connectivity index (χ2v) is 9.66. The number of nitrogens with one attached hydrogen (secondary N) is 1. The van der Waals surface area contributed by atoms with Crippen LogP contribution in [0.5, 0.6) is 0 Å². The van der Waals surface area contributed by atoms with Crippen LogP contribution in [0.2, 0.25) is 0 Å². The number of nitrogens with zero attached hydrogens (tertiary/aromatic N) is 1. The lowest BCUT2D eigenvalue weighted by molar-refractivity contribution is -0.605. The Hall–Kier alpha value is -1.10. The van der Waals surface area contributed by atoms with E-state index in [1.54, 1.807) is 12.1 Å². The number of carbonyl (C=O) groups excluding carboxylic acids is 1. The van der Waals surface area contributed by atoms with Crippen molar-refractivity contribution in [1.82, 2.24) is 5.32 Å². The van der Waals surface area contributed by atoms with Gasteiger partial charge in [0, 0.05) is 16.3 Å². The SMILES string of the molecule is CCCCC1(NC(=O)c2ccc[n+]([O-])c2)C(C)(CC)CCC(Br)C1(C)C. The second-order valence-electron chi connectivity index (χ2n) is 8.56. The molecule has 26 heavy (non-hydrogen) atoms. The number of halogens is 1. The van der Waals surface area contributed by atoms with E-state index < -0.39 is 0 Å². The highest BCUT2D eigenvalue weighted by atomic mass is 79.9. The molecule has 1 aromatic rings. The first-order chi connectivity index (χ1) is 12.1. The molecule has 0 saturated heterocycles. The van der Waals surface area contributed by atoms with Crippen LogP contribution in [0.3, 0.4) is 0 Å². The summed E-state index contributed by atoms with van der Waals surface area (Å²) in [4.78, 5) is 13.5. The van der Waals surface area contributed by atoms with Crippen LogP contribution in [0, 0.1) is 16.0 Å². The van der Waals surface area contributed by atoms with Crippen molar-refractivity contribution in [1.29, 1.82) is 0 Å². The number of aromatic nitrogens is 1. The van der Waals surface area contributed by atoms with Crippen molar-refractivity contribution in [2.45, 2.75) is 83.5 Å². The molecule has 4 nitrogen and oxygen atoms in total. The summed E-state index contributed by atoms with van der Waals surface area (Å²) in [5, 5.41) is 15.1. The summed E-state index contributed by atoms with van der Waals surface area (Å²) in [5.74, 6) is -0.152. The van der Waals surface area contributed by atoms with E-state index in [0.29, 0.717) is 15.1 Å². The van der Waals surface area contributed by atoms with Gasteiger partial charge in [0.05, 0.1) is 5.54 Å². The predicted molar refractivity (Wildman–Crippen MR) is 109 cm³/mol. The van der Waals surface area contributed by atoms with Gasteiger partial charge in [-0.05, 0) is 37.2 Å². The first-order valence-electron chi connectivity index (χ1n) is 9.79. The summed E-state index contributed by atoms with van der Waals surface area (Å²) >= 11 is 3.91. The lowest BCUT2D eigenvalue weighted by Gasteiger charge is -2.63. The van der Waals surface area contributed by atoms with Gasteiger partial charge in [0.1, 0.15) is 5.56 Å². The molecule has 5 heteroatoms. The summed E-state index contributed by atoms with van der Waals surface area (Å²) in [6.45, 7) is 11.3. The Labute approximate surface area is 166 Å². The minimum absolute atomic E-state index is 0.00776. The third-order valence-corrected chi connectivity index (χ3v) is 8.52. The maximum absolute atomic E-state index is 13.2. The third-order valence-electron chi connectivity index (χ3n) is 6.91. The minimum Gasteiger partial charge on any atom is -0.619 e. The molecule has 3 atom stereocenters. The Kier molecular flexibility index (Phi) is 6.42. The Morgan fingerprint density at radius 2 is 2.08 bits per heavy atom. The molecule has 1 aromatic heterocycles. The molecule has 0 spiro atoms. The van der Waals surface area contributed by atoms with Gasteiger partial charge in [0.15, 0.2) is 12.4 Å². The van der Waals surface area contributed by atoms with Crippen LogP contribution < -0.4 is 10.0 Å². The summed E-state index contributed by atoms with van der Waals surface area (Å²) in [6, 6.07) is 3.33. The zero-order valence-electron chi connectivity index (χ0n) is 16.8. The number of hydrogen-bond donors (Lipinski definition) is 1. The number of unbranched alkanes of at least 4 members (excludes halogenated alkanes) is 1. The zero-order chi connectivity index (χ0) is 19.6. The molecule has 0 bridgehead atoms. The molecule has 1 amide bonds. The molecule has 1 aliphatic rings. The van der Waals surface area contributed by atoms with Crippen molar-refractivity contribution in [3.8, 4) is 0 Å². The van der Waals surface area contributed by atoms with Crippen LogP contribution in [0.4, 0.5) is 0 Å². The highest BCUT2D eigenvalue weighted by Gasteiger charge is 2.61. The van der Waals surface area contributed by atoms with E-state index in [-0.39, 0.29) is 22.3 Å². The Morgan fingerprint density at radius 3 is 2.65 bits per heavy atom. The number of amides is 1. The molecule has 0 aromatic carbocycles. The van der Waals surface area contributed by atoms with Crippen LogP contribution in [-0.2, 0) is 0 Å². The Bertz CT molecular complexity index is 642. The molecule has 0 aliphatic heterocycles. The van der Waals surface area contributed by atoms with E-state index in [2.05, 4.69) is 55.9 Å². The molecule has 146 valence electrons. The number of carbonyl (C=O) groups is 1. The third kappa shape index (κ3) is 3.51. The Morgan fingerprint density at radius 1 is 1.38 bits per heavy atom. The Balaban J connectivity index is 2.51. The standard InChI is InChI=1S/C21H33BrN2O2/c1-6-8-12-21(23-18(25)16-10-9-14-24(26)15-16)19(3,4)17(22)11-13-20(21,5)7-2/h9-10,14-15,17H,6-8,11-13H2,1-5H3,(H,23,25). The van der Waals surface area contributed by atoms with Crippen molar-refractivity contribution in [3.63, 3.8) is 0 Å². The average molecular weight is 425 g/mol. The number of hydrogen-bond acceptors (Lipinski definition) is 2. The quantitative estimate of drug-likeness (QED) is 0.397. The van der Waals surface area contributed by atoms with E-state index in [1.165, 1.54) is 12.4 Å². The van der Waals surface area contributed by atoms with Crippen molar-refractivity contribution < 1.29 is 9.52 Å². The van der Waals surface area contributed by atoms with Crippen LogP contribution in [0.25, 0.3) is 0 Å². The lowest BCUT2D eigenvalue weighted by atomic mass is 9.49. The van der Waals surface area contributed by atoms with Gasteiger partial charge in [0.2, 0.25) is 0 Å². The zero-order valence-corrected chi connectivity index (χ0v) is 18.4. The molecule has 3 unspecified atom stereocenters. The predicted octanol–water partition coefficient (Wildman–Crippen LogP) is 4.98. The van der Waals surface area contributed by atoms with Crippen molar-refractivity contribution in [2.75, 3.05) is 0 Å². The maximum atomic E-state index is 13.2. The molecule has 1 saturated carbocycles. The summed E-state index contributed by atoms with van der Waals surface area (Å²) < 4.78 is 0.686. The van der Waals surface area contributed by atoms with Crippen LogP contribution in [0.15, 0.2) is 24.5 Å². The van der Waals surface area contributed by atoms with E-state index in [4.69, 9.17) is 0 Å². The summed E-state index contributed by atoms with van der Waals surface area (Å²) in [5.41, 5.74) is -0.0152. The highest BCUT2D eigenvalue weighted by Crippen LogP contribution is 2.59. The average Bonchev–Trinajstić information content (AvgIpc) is 2.61. The van der Waals surface area contributed by atoms with Gasteiger partial charge in [-0.1, -0.05) is 63.4 Å². The first-order valence-corrected chi connectivity index (χ1v) is 10.7. The fourth-order valence-corrected chi connectivity index (χ4v) is 5.46. The molecule has 1 N–H and O–H groups in total. The molecule has 1 fully saturated rings. The van der Waals surface area contributed by atoms with Crippen LogP contribution in [0.1, 0.15) is 83.5 Å². The van der Waals surface area contributed by atoms with Gasteiger partial charge in [0.25, 0.3) is 5.91 Å². The molecule has 2 rings (SSSR count). The normalized spacial score (nSPS) is 30.8. The molecule has 1 aliphatic carbocycles. The van der Waals surface area contributed by atoms with Gasteiger partial charge in [-0.25, -0.2) is 0 Å². The number of rotatable bonds is 6. The topological polar surface area (TPSA) is 56.0 Å². The smallest absolute Gasteiger partial charge is 0.257 e. The van der Waals surface area contributed by atoms with Crippen LogP contribution in [-0.4, -0.2) is 16.3 Å². The molecular weight excluding hydrogens is 392 g/mol. The van der Waals surface area contributed by atoms with Gasteiger partial charge in [-0.3, -0.25) is 4.79 Å². The molecular formula is C21H33BrN2O2. The monoisotopic (exact) mass is 424 g/mol. The van der Waals surface area contributed by atoms with Gasteiger partial charge in [-0.15, -0.1) is 0 Å². The summed E-state index contributed by atoms with van der Waals surface area (Å²) in [7, 11) is 0. The number of alkyl halides is 1. The minimum atomic E-state index is -0.336. The van der Waals surface area contributed by atoms with Crippen molar-refractivity contribution >= 4 is 21.8 Å².